The van der Waals surface area contributed by atoms with Crippen LogP contribution >= 0.6 is 0 Å². The van der Waals surface area contributed by atoms with E-state index in [0.717, 1.165) is 53.0 Å². The van der Waals surface area contributed by atoms with E-state index in [0.29, 0.717) is 5.95 Å². The van der Waals surface area contributed by atoms with Crippen LogP contribution in [0.2, 0.25) is 0 Å². The highest BCUT2D eigenvalue weighted by molar-refractivity contribution is 5.57. The summed E-state index contributed by atoms with van der Waals surface area (Å²) in [5, 5.41) is 6.58. The van der Waals surface area contributed by atoms with Crippen molar-refractivity contribution in [3.63, 3.8) is 0 Å². The van der Waals surface area contributed by atoms with Gasteiger partial charge < -0.3 is 24.8 Å². The summed E-state index contributed by atoms with van der Waals surface area (Å²) in [7, 11) is 4.91. The van der Waals surface area contributed by atoms with Crippen LogP contribution in [0, 0.1) is 6.92 Å². The van der Waals surface area contributed by atoms with Crippen LogP contribution in [0.3, 0.4) is 0 Å². The molecular formula is C22H26N4O3. The van der Waals surface area contributed by atoms with Gasteiger partial charge in [-0.15, -0.1) is 0 Å². The molecule has 7 heteroatoms. The molecule has 29 heavy (non-hydrogen) atoms. The van der Waals surface area contributed by atoms with Gasteiger partial charge in [0.25, 0.3) is 0 Å². The summed E-state index contributed by atoms with van der Waals surface area (Å²) in [6, 6.07) is 15.5. The average molecular weight is 394 g/mol. The minimum Gasteiger partial charge on any atom is -0.497 e. The molecule has 0 fully saturated rings. The third-order valence-corrected chi connectivity index (χ3v) is 4.35. The van der Waals surface area contributed by atoms with Gasteiger partial charge in [-0.05, 0) is 43.2 Å². The molecule has 3 aromatic rings. The van der Waals surface area contributed by atoms with Gasteiger partial charge in [-0.1, -0.05) is 12.1 Å². The Morgan fingerprint density at radius 1 is 0.862 bits per heavy atom. The Morgan fingerprint density at radius 2 is 1.69 bits per heavy atom. The fraction of sp³-hybridized carbons (Fsp3) is 0.273. The number of hydrogen-bond acceptors (Lipinski definition) is 7. The molecule has 0 bridgehead atoms. The molecule has 3 rings (SSSR count). The number of anilines is 3. The van der Waals surface area contributed by atoms with Crippen molar-refractivity contribution in [1.29, 1.82) is 0 Å². The van der Waals surface area contributed by atoms with Gasteiger partial charge in [-0.25, -0.2) is 4.98 Å². The second-order valence-electron chi connectivity index (χ2n) is 6.44. The van der Waals surface area contributed by atoms with E-state index in [1.807, 2.05) is 55.5 Å². The highest BCUT2D eigenvalue weighted by Crippen LogP contribution is 2.27. The number of benzene rings is 2. The Bertz CT molecular complexity index is 963. The zero-order valence-electron chi connectivity index (χ0n) is 17.2. The van der Waals surface area contributed by atoms with Crippen LogP contribution in [0.15, 0.2) is 48.5 Å². The SMILES string of the molecule is COc1cccc(Nc2nc(C)cc(NCCc3ccc(OC)c(OC)c3)n2)c1. The summed E-state index contributed by atoms with van der Waals surface area (Å²) in [5.74, 6) is 3.53. The Labute approximate surface area is 171 Å². The van der Waals surface area contributed by atoms with E-state index >= 15 is 0 Å². The number of nitrogens with one attached hydrogen (secondary N) is 2. The number of ether oxygens (including phenoxy) is 3. The molecule has 2 aromatic carbocycles. The topological polar surface area (TPSA) is 77.5 Å². The second kappa shape index (κ2) is 9.64. The number of nitrogens with zero attached hydrogens (tertiary/aromatic N) is 2. The highest BCUT2D eigenvalue weighted by Gasteiger charge is 2.06. The molecule has 0 radical (unpaired) electrons. The number of methoxy groups -OCH3 is 3. The van der Waals surface area contributed by atoms with Crippen molar-refractivity contribution < 1.29 is 14.2 Å². The number of hydrogen-bond donors (Lipinski definition) is 2. The summed E-state index contributed by atoms with van der Waals surface area (Å²) >= 11 is 0. The maximum atomic E-state index is 5.36. The molecule has 7 nitrogen and oxygen atoms in total. The van der Waals surface area contributed by atoms with Crippen molar-refractivity contribution in [2.24, 2.45) is 0 Å². The van der Waals surface area contributed by atoms with Crippen LogP contribution < -0.4 is 24.8 Å². The maximum absolute atomic E-state index is 5.36. The van der Waals surface area contributed by atoms with Crippen LogP contribution in [-0.2, 0) is 6.42 Å². The van der Waals surface area contributed by atoms with Gasteiger partial charge in [0.1, 0.15) is 11.6 Å². The second-order valence-corrected chi connectivity index (χ2v) is 6.44. The molecule has 0 spiro atoms. The third-order valence-electron chi connectivity index (χ3n) is 4.35. The first kappa shape index (κ1) is 20.3. The van der Waals surface area contributed by atoms with E-state index in [4.69, 9.17) is 14.2 Å². The first-order valence-electron chi connectivity index (χ1n) is 9.33. The van der Waals surface area contributed by atoms with Gasteiger partial charge in [-0.2, -0.15) is 4.98 Å². The molecule has 0 saturated carbocycles. The van der Waals surface area contributed by atoms with Crippen LogP contribution in [-0.4, -0.2) is 37.8 Å². The highest BCUT2D eigenvalue weighted by atomic mass is 16.5. The Kier molecular flexibility index (Phi) is 6.73. The molecule has 0 amide bonds. The van der Waals surface area contributed by atoms with E-state index in [1.54, 1.807) is 21.3 Å². The van der Waals surface area contributed by atoms with Crippen molar-refractivity contribution in [1.82, 2.24) is 9.97 Å². The minimum atomic E-state index is 0.534. The lowest BCUT2D eigenvalue weighted by Gasteiger charge is -2.12. The van der Waals surface area contributed by atoms with Crippen molar-refractivity contribution in [3.8, 4) is 17.2 Å². The van der Waals surface area contributed by atoms with Gasteiger partial charge >= 0.3 is 0 Å². The third kappa shape index (κ3) is 5.51. The molecule has 2 N–H and O–H groups in total. The molecule has 152 valence electrons. The average Bonchev–Trinajstić information content (AvgIpc) is 2.73. The molecule has 0 saturated heterocycles. The number of aryl methyl sites for hydroxylation is 1. The molecule has 0 aliphatic rings. The van der Waals surface area contributed by atoms with E-state index in [9.17, 15) is 0 Å². The smallest absolute Gasteiger partial charge is 0.229 e. The molecule has 1 aromatic heterocycles. The fourth-order valence-electron chi connectivity index (χ4n) is 2.92. The van der Waals surface area contributed by atoms with Crippen LogP contribution in [0.4, 0.5) is 17.5 Å². The Morgan fingerprint density at radius 3 is 2.45 bits per heavy atom. The van der Waals surface area contributed by atoms with Crippen molar-refractivity contribution in [2.75, 3.05) is 38.5 Å². The summed E-state index contributed by atoms with van der Waals surface area (Å²) in [6.45, 7) is 2.67. The van der Waals surface area contributed by atoms with E-state index in [-0.39, 0.29) is 0 Å². The van der Waals surface area contributed by atoms with E-state index in [2.05, 4.69) is 20.6 Å². The quantitative estimate of drug-likeness (QED) is 0.563. The lowest BCUT2D eigenvalue weighted by molar-refractivity contribution is 0.354. The summed E-state index contributed by atoms with van der Waals surface area (Å²) in [6.07, 6.45) is 0.821. The van der Waals surface area contributed by atoms with Crippen LogP contribution in [0.1, 0.15) is 11.3 Å². The molecular weight excluding hydrogens is 368 g/mol. The zero-order valence-corrected chi connectivity index (χ0v) is 17.2. The molecule has 0 unspecified atom stereocenters. The van der Waals surface area contributed by atoms with Gasteiger partial charge in [0.15, 0.2) is 11.5 Å². The van der Waals surface area contributed by atoms with E-state index < -0.39 is 0 Å². The Balaban J connectivity index is 1.64. The summed E-state index contributed by atoms with van der Waals surface area (Å²) in [4.78, 5) is 9.02. The predicted molar refractivity (Wildman–Crippen MR) is 115 cm³/mol. The number of rotatable bonds is 9. The normalized spacial score (nSPS) is 10.3. The van der Waals surface area contributed by atoms with Gasteiger partial charge in [0, 0.05) is 30.1 Å². The van der Waals surface area contributed by atoms with Crippen LogP contribution in [0.25, 0.3) is 0 Å². The minimum absolute atomic E-state index is 0.534. The van der Waals surface area contributed by atoms with Gasteiger partial charge in [-0.3, -0.25) is 0 Å². The molecule has 0 aliphatic carbocycles. The summed E-state index contributed by atoms with van der Waals surface area (Å²) < 4.78 is 15.9. The molecule has 0 aliphatic heterocycles. The van der Waals surface area contributed by atoms with E-state index in [1.165, 1.54) is 0 Å². The molecule has 1 heterocycles. The van der Waals surface area contributed by atoms with Gasteiger partial charge in [0.05, 0.1) is 21.3 Å². The fourth-order valence-corrected chi connectivity index (χ4v) is 2.92. The maximum Gasteiger partial charge on any atom is 0.229 e. The van der Waals surface area contributed by atoms with Crippen molar-refractivity contribution in [3.05, 3.63) is 59.8 Å². The largest absolute Gasteiger partial charge is 0.497 e. The van der Waals surface area contributed by atoms with Gasteiger partial charge in [0.2, 0.25) is 5.95 Å². The standard InChI is InChI=1S/C22H26N4O3/c1-15-12-21(23-11-10-16-8-9-19(28-3)20(13-16)29-4)26-22(24-15)25-17-6-5-7-18(14-17)27-2/h5-9,12-14H,10-11H2,1-4H3,(H2,23,24,25,26). The predicted octanol–water partition coefficient (Wildman–Crippen LogP) is 4.21. The first-order chi connectivity index (χ1) is 14.1. The van der Waals surface area contributed by atoms with Crippen molar-refractivity contribution >= 4 is 17.5 Å². The van der Waals surface area contributed by atoms with Crippen molar-refractivity contribution in [2.45, 2.75) is 13.3 Å². The lowest BCUT2D eigenvalue weighted by atomic mass is 10.1. The monoisotopic (exact) mass is 394 g/mol. The number of aromatic nitrogens is 2. The molecule has 0 atom stereocenters. The zero-order chi connectivity index (χ0) is 20.6. The summed E-state index contributed by atoms with van der Waals surface area (Å²) in [5.41, 5.74) is 2.89. The first-order valence-corrected chi connectivity index (χ1v) is 9.33. The van der Waals surface area contributed by atoms with Crippen LogP contribution in [0.5, 0.6) is 17.2 Å². The lowest BCUT2D eigenvalue weighted by Crippen LogP contribution is -2.09. The Hall–Kier alpha value is -3.48.